The summed E-state index contributed by atoms with van der Waals surface area (Å²) < 4.78 is 0. The SMILES string of the molecule is CN[C@@H](C)C(=O)N[C@H](C(=O)N1C[C@H](Cc2ccccc2)C[C@H]1C(=O)N[C@@H](Cc1ccc(-c2ccccc2)cc1)C(=O)NCCS)C(C)(C)C. The number of carbonyl (C=O) groups is 4. The minimum Gasteiger partial charge on any atom is -0.353 e. The summed E-state index contributed by atoms with van der Waals surface area (Å²) >= 11 is 4.24. The number of benzene rings is 3. The van der Waals surface area contributed by atoms with Crippen LogP contribution in [-0.4, -0.2) is 78.6 Å². The number of nitrogens with zero attached hydrogens (tertiary/aromatic N) is 1. The Morgan fingerprint density at radius 1 is 0.837 bits per heavy atom. The van der Waals surface area contributed by atoms with E-state index in [2.05, 4.69) is 33.9 Å². The Morgan fingerprint density at radius 3 is 2.04 bits per heavy atom. The first kappa shape index (κ1) is 37.7. The van der Waals surface area contributed by atoms with Gasteiger partial charge in [0.2, 0.25) is 23.6 Å². The fourth-order valence-electron chi connectivity index (χ4n) is 6.20. The van der Waals surface area contributed by atoms with Crippen molar-refractivity contribution in [1.29, 1.82) is 0 Å². The van der Waals surface area contributed by atoms with Crippen LogP contribution in [0.4, 0.5) is 0 Å². The molecule has 49 heavy (non-hydrogen) atoms. The average Bonchev–Trinajstić information content (AvgIpc) is 3.53. The van der Waals surface area contributed by atoms with E-state index in [-0.39, 0.29) is 30.1 Å². The van der Waals surface area contributed by atoms with Crippen molar-refractivity contribution in [2.24, 2.45) is 11.3 Å². The van der Waals surface area contributed by atoms with E-state index in [1.54, 1.807) is 18.9 Å². The second-order valence-corrected chi connectivity index (χ2v) is 14.4. The van der Waals surface area contributed by atoms with Crippen molar-refractivity contribution in [3.8, 4) is 11.1 Å². The van der Waals surface area contributed by atoms with Crippen molar-refractivity contribution in [3.05, 3.63) is 96.1 Å². The Morgan fingerprint density at radius 2 is 1.45 bits per heavy atom. The summed E-state index contributed by atoms with van der Waals surface area (Å²) in [7, 11) is 1.69. The molecule has 3 aromatic carbocycles. The molecule has 3 aromatic rings. The first-order valence-electron chi connectivity index (χ1n) is 17.1. The number of likely N-dealkylation sites (N-methyl/N-ethyl adjacent to an activating group) is 1. The monoisotopic (exact) mass is 685 g/mol. The molecule has 0 radical (unpaired) electrons. The summed E-state index contributed by atoms with van der Waals surface area (Å²) in [6.07, 6.45) is 1.40. The van der Waals surface area contributed by atoms with Gasteiger partial charge < -0.3 is 26.2 Å². The normalized spacial score (nSPS) is 17.9. The molecule has 1 aliphatic heterocycles. The Kier molecular flexibility index (Phi) is 13.4. The van der Waals surface area contributed by atoms with Crippen molar-refractivity contribution < 1.29 is 19.2 Å². The molecular weight excluding hydrogens is 635 g/mol. The maximum atomic E-state index is 14.4. The third-order valence-corrected chi connectivity index (χ3v) is 9.34. The molecule has 1 saturated heterocycles. The van der Waals surface area contributed by atoms with Gasteiger partial charge >= 0.3 is 0 Å². The van der Waals surface area contributed by atoms with Crippen molar-refractivity contribution in [1.82, 2.24) is 26.2 Å². The lowest BCUT2D eigenvalue weighted by molar-refractivity contribution is -0.144. The topological polar surface area (TPSA) is 120 Å². The Hall–Kier alpha value is -4.15. The van der Waals surface area contributed by atoms with E-state index in [4.69, 9.17) is 0 Å². The van der Waals surface area contributed by atoms with Crippen LogP contribution in [0.15, 0.2) is 84.9 Å². The first-order chi connectivity index (χ1) is 23.4. The van der Waals surface area contributed by atoms with Crippen molar-refractivity contribution in [2.45, 2.75) is 71.1 Å². The number of likely N-dealkylation sites (tertiary alicyclic amines) is 1. The van der Waals surface area contributed by atoms with Crippen LogP contribution < -0.4 is 21.3 Å². The minimum absolute atomic E-state index is 0.0108. The molecule has 1 heterocycles. The summed E-state index contributed by atoms with van der Waals surface area (Å²) in [5.41, 5.74) is 3.53. The van der Waals surface area contributed by atoms with E-state index in [9.17, 15) is 19.2 Å². The summed E-state index contributed by atoms with van der Waals surface area (Å²) in [4.78, 5) is 56.6. The van der Waals surface area contributed by atoms with E-state index in [0.29, 0.717) is 31.7 Å². The van der Waals surface area contributed by atoms with Crippen LogP contribution >= 0.6 is 12.6 Å². The zero-order valence-corrected chi connectivity index (χ0v) is 30.1. The van der Waals surface area contributed by atoms with Crippen molar-refractivity contribution in [3.63, 3.8) is 0 Å². The molecule has 0 spiro atoms. The van der Waals surface area contributed by atoms with Gasteiger partial charge in [-0.15, -0.1) is 0 Å². The number of nitrogens with one attached hydrogen (secondary N) is 4. The van der Waals surface area contributed by atoms with Gasteiger partial charge in [-0.2, -0.15) is 12.6 Å². The minimum atomic E-state index is -0.866. The predicted molar refractivity (Wildman–Crippen MR) is 198 cm³/mol. The van der Waals surface area contributed by atoms with E-state index in [0.717, 1.165) is 22.3 Å². The van der Waals surface area contributed by atoms with Gasteiger partial charge in [0.1, 0.15) is 18.1 Å². The number of hydrogen-bond donors (Lipinski definition) is 5. The second kappa shape index (κ2) is 17.5. The molecule has 4 amide bonds. The molecule has 0 unspecified atom stereocenters. The van der Waals surface area contributed by atoms with Crippen LogP contribution in [-0.2, 0) is 32.0 Å². The van der Waals surface area contributed by atoms with E-state index in [1.807, 2.05) is 106 Å². The Labute approximate surface area is 296 Å². The average molecular weight is 686 g/mol. The zero-order valence-electron chi connectivity index (χ0n) is 29.2. The van der Waals surface area contributed by atoms with Gasteiger partial charge in [0.15, 0.2) is 0 Å². The van der Waals surface area contributed by atoms with Gasteiger partial charge in [-0.1, -0.05) is 106 Å². The number of rotatable bonds is 14. The van der Waals surface area contributed by atoms with E-state index < -0.39 is 35.5 Å². The molecule has 4 N–H and O–H groups in total. The molecule has 0 aliphatic carbocycles. The van der Waals surface area contributed by atoms with E-state index >= 15 is 0 Å². The molecule has 262 valence electrons. The molecule has 5 atom stereocenters. The fourth-order valence-corrected chi connectivity index (χ4v) is 6.31. The van der Waals surface area contributed by atoms with Gasteiger partial charge in [0, 0.05) is 25.3 Å². The summed E-state index contributed by atoms with van der Waals surface area (Å²) in [6.45, 7) is 8.14. The van der Waals surface area contributed by atoms with Crippen LogP contribution in [0.25, 0.3) is 11.1 Å². The second-order valence-electron chi connectivity index (χ2n) is 14.0. The molecule has 1 fully saturated rings. The molecule has 9 nitrogen and oxygen atoms in total. The Bertz CT molecular complexity index is 1550. The van der Waals surface area contributed by atoms with Crippen LogP contribution in [0.5, 0.6) is 0 Å². The fraction of sp³-hybridized carbons (Fsp3) is 0.436. The van der Waals surface area contributed by atoms with Gasteiger partial charge in [-0.3, -0.25) is 19.2 Å². The van der Waals surface area contributed by atoms with Gasteiger partial charge in [0.25, 0.3) is 0 Å². The molecule has 0 bridgehead atoms. The van der Waals surface area contributed by atoms with Crippen LogP contribution in [0.3, 0.4) is 0 Å². The quantitative estimate of drug-likeness (QED) is 0.164. The van der Waals surface area contributed by atoms with Gasteiger partial charge in [-0.25, -0.2) is 0 Å². The van der Waals surface area contributed by atoms with Gasteiger partial charge in [-0.05, 0) is 60.4 Å². The lowest BCUT2D eigenvalue weighted by Gasteiger charge is -2.36. The zero-order chi connectivity index (χ0) is 35.6. The number of hydrogen-bond acceptors (Lipinski definition) is 6. The number of amides is 4. The molecule has 4 rings (SSSR count). The third-order valence-electron chi connectivity index (χ3n) is 9.11. The Balaban J connectivity index is 1.59. The highest BCUT2D eigenvalue weighted by Gasteiger charge is 2.45. The summed E-state index contributed by atoms with van der Waals surface area (Å²) in [6, 6.07) is 25.0. The third kappa shape index (κ3) is 10.4. The molecule has 0 aromatic heterocycles. The highest BCUT2D eigenvalue weighted by Crippen LogP contribution is 2.31. The van der Waals surface area contributed by atoms with Crippen LogP contribution in [0, 0.1) is 11.3 Å². The van der Waals surface area contributed by atoms with E-state index in [1.165, 1.54) is 0 Å². The first-order valence-corrected chi connectivity index (χ1v) is 17.7. The molecule has 1 aliphatic rings. The summed E-state index contributed by atoms with van der Waals surface area (Å²) in [5, 5.41) is 11.8. The largest absolute Gasteiger partial charge is 0.353 e. The van der Waals surface area contributed by atoms with Crippen LogP contribution in [0.2, 0.25) is 0 Å². The van der Waals surface area contributed by atoms with Crippen LogP contribution in [0.1, 0.15) is 45.2 Å². The maximum absolute atomic E-state index is 14.4. The highest BCUT2D eigenvalue weighted by atomic mass is 32.1. The van der Waals surface area contributed by atoms with Gasteiger partial charge in [0.05, 0.1) is 6.04 Å². The standard InChI is InChI=1S/C39H51N5O4S/c1-26(40-5)35(45)43-34(39(2,3)4)38(48)44-25-29(22-27-12-8-6-9-13-27)24-33(44)37(47)42-32(36(46)41-20-21-49)23-28-16-18-31(19-17-28)30-14-10-7-11-15-30/h6-19,26,29,32-34,40,49H,20-25H2,1-5H3,(H,41,46)(H,42,47)(H,43,45)/t26-,29+,32-,33-,34+/m0/s1. The lowest BCUT2D eigenvalue weighted by atomic mass is 9.85. The molecular formula is C39H51N5O4S. The lowest BCUT2D eigenvalue weighted by Crippen LogP contribution is -2.60. The number of thiol groups is 1. The molecule has 0 saturated carbocycles. The smallest absolute Gasteiger partial charge is 0.246 e. The predicted octanol–water partition coefficient (Wildman–Crippen LogP) is 4.03. The van der Waals surface area contributed by atoms with Crippen molar-refractivity contribution >= 4 is 36.3 Å². The maximum Gasteiger partial charge on any atom is 0.246 e. The number of carbonyl (C=O) groups excluding carboxylic acids is 4. The molecule has 10 heteroatoms. The highest BCUT2D eigenvalue weighted by molar-refractivity contribution is 7.80. The van der Waals surface area contributed by atoms with Crippen molar-refractivity contribution in [2.75, 3.05) is 25.9 Å². The summed E-state index contributed by atoms with van der Waals surface area (Å²) in [5.74, 6) is -0.846.